The summed E-state index contributed by atoms with van der Waals surface area (Å²) in [7, 11) is 0. The average Bonchev–Trinajstić information content (AvgIpc) is 3.21. The molecule has 3 amide bonds. The quantitative estimate of drug-likeness (QED) is 0.128. The zero-order valence-electron chi connectivity index (χ0n) is 17.0. The van der Waals surface area contributed by atoms with Gasteiger partial charge in [-0.25, -0.2) is 9.78 Å². The molecular formula is C17H26N6O8S. The van der Waals surface area contributed by atoms with E-state index in [2.05, 4.69) is 33.2 Å². The van der Waals surface area contributed by atoms with Gasteiger partial charge in [-0.1, -0.05) is 0 Å². The molecule has 0 aliphatic carbocycles. The van der Waals surface area contributed by atoms with Crippen LogP contribution < -0.4 is 21.7 Å². The number of carbonyl (C=O) groups excluding carboxylic acids is 3. The Morgan fingerprint density at radius 3 is 2.16 bits per heavy atom. The van der Waals surface area contributed by atoms with Gasteiger partial charge in [0.25, 0.3) is 0 Å². The van der Waals surface area contributed by atoms with E-state index >= 15 is 0 Å². The monoisotopic (exact) mass is 474 g/mol. The second-order valence-electron chi connectivity index (χ2n) is 6.86. The topological polar surface area (TPSA) is 237 Å². The van der Waals surface area contributed by atoms with Crippen molar-refractivity contribution in [3.8, 4) is 0 Å². The highest BCUT2D eigenvalue weighted by atomic mass is 32.1. The Kier molecular flexibility index (Phi) is 10.6. The summed E-state index contributed by atoms with van der Waals surface area (Å²) in [4.78, 5) is 66.0. The Hall–Kier alpha value is -3.17. The fourth-order valence-electron chi connectivity index (χ4n) is 2.50. The van der Waals surface area contributed by atoms with Gasteiger partial charge in [-0.2, -0.15) is 12.6 Å². The van der Waals surface area contributed by atoms with E-state index < -0.39 is 66.4 Å². The minimum absolute atomic E-state index is 0.104. The van der Waals surface area contributed by atoms with Crippen molar-refractivity contribution < 1.29 is 39.3 Å². The number of carboxylic acids is 2. The number of aromatic amines is 1. The number of aliphatic hydroxyl groups is 1. The molecule has 0 radical (unpaired) electrons. The van der Waals surface area contributed by atoms with Crippen LogP contribution in [0, 0.1) is 0 Å². The number of aliphatic hydroxyl groups excluding tert-OH is 1. The zero-order valence-corrected chi connectivity index (χ0v) is 17.9. The highest BCUT2D eigenvalue weighted by Gasteiger charge is 2.32. The van der Waals surface area contributed by atoms with E-state index in [0.717, 1.165) is 6.92 Å². The van der Waals surface area contributed by atoms with Gasteiger partial charge in [0, 0.05) is 24.1 Å². The predicted molar refractivity (Wildman–Crippen MR) is 111 cm³/mol. The largest absolute Gasteiger partial charge is 0.481 e. The Morgan fingerprint density at radius 2 is 1.69 bits per heavy atom. The molecule has 1 heterocycles. The van der Waals surface area contributed by atoms with Crippen molar-refractivity contribution in [2.45, 2.75) is 50.0 Å². The summed E-state index contributed by atoms with van der Waals surface area (Å²) in [6, 6.07) is -5.71. The van der Waals surface area contributed by atoms with Crippen LogP contribution in [-0.2, 0) is 30.4 Å². The molecule has 0 saturated carbocycles. The van der Waals surface area contributed by atoms with Gasteiger partial charge in [-0.05, 0) is 6.92 Å². The van der Waals surface area contributed by atoms with Gasteiger partial charge in [-0.15, -0.1) is 0 Å². The number of hydrogen-bond acceptors (Lipinski definition) is 9. The second-order valence-corrected chi connectivity index (χ2v) is 7.22. The van der Waals surface area contributed by atoms with Crippen LogP contribution in [0.5, 0.6) is 0 Å². The average molecular weight is 474 g/mol. The highest BCUT2D eigenvalue weighted by Crippen LogP contribution is 2.02. The molecular weight excluding hydrogens is 448 g/mol. The Labute approximate surface area is 187 Å². The molecule has 1 rings (SSSR count). The van der Waals surface area contributed by atoms with Gasteiger partial charge in [0.2, 0.25) is 17.7 Å². The molecule has 0 fully saturated rings. The van der Waals surface area contributed by atoms with E-state index in [0.29, 0.717) is 5.69 Å². The van der Waals surface area contributed by atoms with E-state index in [1.165, 1.54) is 12.5 Å². The third-order valence-electron chi connectivity index (χ3n) is 4.20. The van der Waals surface area contributed by atoms with Gasteiger partial charge < -0.3 is 42.0 Å². The molecule has 178 valence electrons. The number of aromatic nitrogens is 2. The molecule has 14 nitrogen and oxygen atoms in total. The molecule has 5 atom stereocenters. The minimum atomic E-state index is -1.73. The summed E-state index contributed by atoms with van der Waals surface area (Å²) < 4.78 is 0. The number of nitrogens with zero attached hydrogens (tertiary/aromatic N) is 1. The molecule has 0 aliphatic rings. The summed E-state index contributed by atoms with van der Waals surface area (Å²) in [5.74, 6) is -6.00. The normalized spacial score (nSPS) is 15.5. The van der Waals surface area contributed by atoms with Crippen molar-refractivity contribution in [3.63, 3.8) is 0 Å². The van der Waals surface area contributed by atoms with Crippen LogP contribution in [0.25, 0.3) is 0 Å². The fraction of sp³-hybridized carbons (Fsp3) is 0.529. The summed E-state index contributed by atoms with van der Waals surface area (Å²) in [6.07, 6.45) is 0.619. The number of H-pyrrole nitrogens is 1. The number of nitrogens with two attached hydrogens (primary N) is 1. The second kappa shape index (κ2) is 12.6. The third kappa shape index (κ3) is 8.52. The van der Waals surface area contributed by atoms with Crippen LogP contribution in [0.15, 0.2) is 12.5 Å². The van der Waals surface area contributed by atoms with Crippen LogP contribution in [0.3, 0.4) is 0 Å². The molecule has 9 N–H and O–H groups in total. The van der Waals surface area contributed by atoms with Crippen LogP contribution in [-0.4, -0.2) is 91.0 Å². The summed E-state index contributed by atoms with van der Waals surface area (Å²) in [5, 5.41) is 34.0. The number of aliphatic carboxylic acids is 2. The number of hydrogen-bond donors (Lipinski definition) is 9. The lowest BCUT2D eigenvalue weighted by atomic mass is 10.1. The fourth-order valence-corrected chi connectivity index (χ4v) is 2.75. The Morgan fingerprint density at radius 1 is 1.09 bits per heavy atom. The maximum absolute atomic E-state index is 12.5. The molecule has 0 spiro atoms. The Bertz CT molecular complexity index is 818. The van der Waals surface area contributed by atoms with Gasteiger partial charge >= 0.3 is 11.9 Å². The number of imidazole rings is 1. The van der Waals surface area contributed by atoms with Crippen LogP contribution >= 0.6 is 12.6 Å². The molecule has 0 aliphatic heterocycles. The van der Waals surface area contributed by atoms with Crippen LogP contribution in [0.4, 0.5) is 0 Å². The van der Waals surface area contributed by atoms with Gasteiger partial charge in [-0.3, -0.25) is 19.2 Å². The zero-order chi connectivity index (χ0) is 24.4. The maximum Gasteiger partial charge on any atom is 0.328 e. The van der Waals surface area contributed by atoms with E-state index in [4.69, 9.17) is 15.9 Å². The van der Waals surface area contributed by atoms with Crippen molar-refractivity contribution >= 4 is 42.3 Å². The standard InChI is InChI=1S/C17H26N6O8S/c1-7(24)13(17(30)31)23-15(28)10(3-12(25)26)21-16(29)11(5-32)22-14(27)9(18)2-8-4-19-6-20-8/h4,6-7,9-11,13,24,32H,2-3,5,18H2,1H3,(H,19,20)(H,21,29)(H,22,27)(H,23,28)(H,25,26)(H,30,31). The summed E-state index contributed by atoms with van der Waals surface area (Å²) in [5.41, 5.74) is 6.39. The third-order valence-corrected chi connectivity index (χ3v) is 4.57. The maximum atomic E-state index is 12.5. The van der Waals surface area contributed by atoms with E-state index in [-0.39, 0.29) is 12.2 Å². The number of thiol groups is 1. The van der Waals surface area contributed by atoms with Crippen molar-refractivity contribution in [2.24, 2.45) is 5.73 Å². The molecule has 1 aromatic heterocycles. The lowest BCUT2D eigenvalue weighted by Crippen LogP contribution is -2.59. The number of rotatable bonds is 13. The lowest BCUT2D eigenvalue weighted by Gasteiger charge is -2.24. The van der Waals surface area contributed by atoms with Crippen molar-refractivity contribution in [1.29, 1.82) is 0 Å². The first kappa shape index (κ1) is 26.9. The first-order valence-electron chi connectivity index (χ1n) is 9.33. The van der Waals surface area contributed by atoms with Crippen molar-refractivity contribution in [1.82, 2.24) is 25.9 Å². The number of nitrogens with one attached hydrogen (secondary N) is 4. The number of amides is 3. The first-order chi connectivity index (χ1) is 15.0. The molecule has 0 bridgehead atoms. The predicted octanol–water partition coefficient (Wildman–Crippen LogP) is -3.40. The first-order valence-corrected chi connectivity index (χ1v) is 9.97. The number of carbonyl (C=O) groups is 5. The van der Waals surface area contributed by atoms with Crippen LogP contribution in [0.1, 0.15) is 19.0 Å². The van der Waals surface area contributed by atoms with E-state index in [1.807, 2.05) is 5.32 Å². The van der Waals surface area contributed by atoms with Gasteiger partial charge in [0.1, 0.15) is 12.1 Å². The van der Waals surface area contributed by atoms with E-state index in [1.54, 1.807) is 0 Å². The van der Waals surface area contributed by atoms with Crippen molar-refractivity contribution in [2.75, 3.05) is 5.75 Å². The number of carboxylic acid groups (broad SMARTS) is 2. The lowest BCUT2D eigenvalue weighted by molar-refractivity contribution is -0.146. The molecule has 1 aromatic rings. The minimum Gasteiger partial charge on any atom is -0.481 e. The molecule has 0 aromatic carbocycles. The van der Waals surface area contributed by atoms with Gasteiger partial charge in [0.15, 0.2) is 6.04 Å². The molecule has 5 unspecified atom stereocenters. The van der Waals surface area contributed by atoms with Crippen LogP contribution in [0.2, 0.25) is 0 Å². The van der Waals surface area contributed by atoms with E-state index in [9.17, 15) is 29.1 Å². The molecule has 0 saturated heterocycles. The smallest absolute Gasteiger partial charge is 0.328 e. The summed E-state index contributed by atoms with van der Waals surface area (Å²) >= 11 is 3.98. The van der Waals surface area contributed by atoms with Gasteiger partial charge in [0.05, 0.1) is 24.9 Å². The summed E-state index contributed by atoms with van der Waals surface area (Å²) in [6.45, 7) is 1.11. The Balaban J connectivity index is 2.82. The molecule has 32 heavy (non-hydrogen) atoms. The molecule has 15 heteroatoms. The highest BCUT2D eigenvalue weighted by molar-refractivity contribution is 7.80. The SMILES string of the molecule is CC(O)C(NC(=O)C(CC(=O)O)NC(=O)C(CS)NC(=O)C(N)Cc1cnc[nH]1)C(=O)O. The van der Waals surface area contributed by atoms with Crippen molar-refractivity contribution in [3.05, 3.63) is 18.2 Å².